The van der Waals surface area contributed by atoms with Gasteiger partial charge in [0, 0.05) is 13.1 Å². The summed E-state index contributed by atoms with van der Waals surface area (Å²) < 4.78 is 9.57. The molecule has 8 N–H and O–H groups in total. The minimum atomic E-state index is -1.89. The maximum atomic E-state index is 10.7. The fourth-order valence-electron chi connectivity index (χ4n) is 4.11. The molecule has 12 nitrogen and oxygen atoms in total. The number of hydrogen-bond acceptors (Lipinski definition) is 12. The first-order valence-corrected chi connectivity index (χ1v) is 12.9. The Kier molecular flexibility index (Phi) is 13.1. The molecule has 2 fully saturated rings. The number of aliphatic hydroxyl groups excluding tert-OH is 5. The van der Waals surface area contributed by atoms with Crippen molar-refractivity contribution in [3.63, 3.8) is 0 Å². The van der Waals surface area contributed by atoms with E-state index in [9.17, 15) is 30.3 Å². The first-order valence-electron chi connectivity index (χ1n) is 12.9. The number of aliphatic hydroxyl groups is 7. The Hall–Kier alpha value is -2.49. The van der Waals surface area contributed by atoms with Crippen LogP contribution in [-0.2, 0) is 27.4 Å². The molecule has 12 heteroatoms. The fraction of sp³-hybridized carbons (Fsp3) is 0.536. The highest BCUT2D eigenvalue weighted by Gasteiger charge is 2.52. The van der Waals surface area contributed by atoms with Crippen molar-refractivity contribution >= 4 is 5.97 Å². The van der Waals surface area contributed by atoms with Gasteiger partial charge in [0.15, 0.2) is 11.7 Å². The Morgan fingerprint density at radius 1 is 0.950 bits per heavy atom. The normalized spacial score (nSPS) is 31.5. The maximum absolute atomic E-state index is 10.7. The average Bonchev–Trinajstić information content (AvgIpc) is 3.14. The van der Waals surface area contributed by atoms with Crippen molar-refractivity contribution in [3.05, 3.63) is 71.8 Å². The SMILES string of the molecule is CN(Cc1ccccc1)C[C@@]1(O)OC[C@@H](O)[C@@H](O)[C@@H]1O.CNCc1ccccc1.C[C@]1(O)C(=O)O[C@H](CO)[C@H]1O. The molecule has 0 aromatic heterocycles. The molecule has 2 saturated heterocycles. The lowest BCUT2D eigenvalue weighted by atomic mass is 9.96. The van der Waals surface area contributed by atoms with Gasteiger partial charge in [-0.3, -0.25) is 4.90 Å². The van der Waals surface area contributed by atoms with Crippen LogP contribution in [0.4, 0.5) is 0 Å². The Labute approximate surface area is 234 Å². The molecule has 2 heterocycles. The maximum Gasteiger partial charge on any atom is 0.341 e. The van der Waals surface area contributed by atoms with Crippen LogP contribution in [0.15, 0.2) is 60.7 Å². The molecule has 0 bridgehead atoms. The molecular formula is C28H42N2O10. The number of benzene rings is 2. The topological polar surface area (TPSA) is 192 Å². The lowest BCUT2D eigenvalue weighted by Crippen LogP contribution is -2.64. The van der Waals surface area contributed by atoms with Gasteiger partial charge in [0.1, 0.15) is 24.4 Å². The van der Waals surface area contributed by atoms with Gasteiger partial charge in [0.05, 0.1) is 19.8 Å². The quantitative estimate of drug-likeness (QED) is 0.178. The third-order valence-electron chi connectivity index (χ3n) is 6.48. The zero-order valence-corrected chi connectivity index (χ0v) is 23.0. The molecule has 0 saturated carbocycles. The zero-order chi connectivity index (χ0) is 29.9. The minimum Gasteiger partial charge on any atom is -0.455 e. The monoisotopic (exact) mass is 566 g/mol. The van der Waals surface area contributed by atoms with Crippen LogP contribution < -0.4 is 5.32 Å². The molecule has 0 radical (unpaired) electrons. The minimum absolute atomic E-state index is 0.0207. The number of ether oxygens (including phenoxy) is 2. The summed E-state index contributed by atoms with van der Waals surface area (Å²) in [5, 5.41) is 69.1. The molecule has 0 amide bonds. The predicted octanol–water partition coefficient (Wildman–Crippen LogP) is -1.66. The first kappa shape index (κ1) is 33.7. The van der Waals surface area contributed by atoms with Crippen LogP contribution in [0.1, 0.15) is 18.1 Å². The van der Waals surface area contributed by atoms with E-state index in [0.717, 1.165) is 19.0 Å². The first-order chi connectivity index (χ1) is 18.9. The zero-order valence-electron chi connectivity index (χ0n) is 23.0. The highest BCUT2D eigenvalue weighted by molar-refractivity contribution is 5.82. The Morgan fingerprint density at radius 3 is 1.95 bits per heavy atom. The largest absolute Gasteiger partial charge is 0.455 e. The highest BCUT2D eigenvalue weighted by atomic mass is 16.6. The van der Waals surface area contributed by atoms with E-state index >= 15 is 0 Å². The summed E-state index contributed by atoms with van der Waals surface area (Å²) in [6.45, 7) is 2.00. The van der Waals surface area contributed by atoms with Gasteiger partial charge in [-0.25, -0.2) is 4.79 Å². The lowest BCUT2D eigenvalue weighted by Gasteiger charge is -2.43. The molecular weight excluding hydrogens is 524 g/mol. The molecule has 4 rings (SSSR count). The van der Waals surface area contributed by atoms with E-state index in [1.165, 1.54) is 5.56 Å². The van der Waals surface area contributed by atoms with Crippen molar-refractivity contribution in [2.24, 2.45) is 0 Å². The number of nitrogens with one attached hydrogen (secondary N) is 1. The van der Waals surface area contributed by atoms with Crippen molar-refractivity contribution < 1.29 is 50.0 Å². The second-order valence-electron chi connectivity index (χ2n) is 10.1. The Balaban J connectivity index is 0.000000235. The third-order valence-corrected chi connectivity index (χ3v) is 6.48. The number of likely N-dealkylation sites (N-methyl/N-ethyl adjacent to an activating group) is 1. The van der Waals surface area contributed by atoms with Crippen LogP contribution in [0.2, 0.25) is 0 Å². The van der Waals surface area contributed by atoms with E-state index in [1.807, 2.05) is 55.6 Å². The molecule has 2 aromatic carbocycles. The molecule has 0 unspecified atom stereocenters. The number of carbonyl (C=O) groups is 1. The summed E-state index contributed by atoms with van der Waals surface area (Å²) in [6, 6.07) is 20.0. The number of nitrogens with zero attached hydrogens (tertiary/aromatic N) is 1. The lowest BCUT2D eigenvalue weighted by molar-refractivity contribution is -0.324. The molecule has 0 aliphatic carbocycles. The summed E-state index contributed by atoms with van der Waals surface area (Å²) >= 11 is 0. The van der Waals surface area contributed by atoms with Crippen LogP contribution in [0, 0.1) is 0 Å². The van der Waals surface area contributed by atoms with E-state index in [4.69, 9.17) is 14.9 Å². The van der Waals surface area contributed by atoms with E-state index in [1.54, 1.807) is 11.9 Å². The number of carbonyl (C=O) groups excluding carboxylic acids is 1. The summed E-state index contributed by atoms with van der Waals surface area (Å²) in [4.78, 5) is 12.5. The Bertz CT molecular complexity index is 1010. The molecule has 40 heavy (non-hydrogen) atoms. The number of esters is 1. The van der Waals surface area contributed by atoms with Gasteiger partial charge in [0.2, 0.25) is 5.79 Å². The van der Waals surface area contributed by atoms with Gasteiger partial charge in [-0.05, 0) is 32.1 Å². The van der Waals surface area contributed by atoms with Crippen LogP contribution in [-0.4, -0.2) is 122 Å². The Morgan fingerprint density at radius 2 is 1.50 bits per heavy atom. The predicted molar refractivity (Wildman–Crippen MR) is 145 cm³/mol. The molecule has 2 aliphatic heterocycles. The summed E-state index contributed by atoms with van der Waals surface area (Å²) in [7, 11) is 3.73. The van der Waals surface area contributed by atoms with Crippen LogP contribution in [0.25, 0.3) is 0 Å². The van der Waals surface area contributed by atoms with Crippen molar-refractivity contribution in [1.82, 2.24) is 10.2 Å². The van der Waals surface area contributed by atoms with Crippen molar-refractivity contribution in [2.75, 3.05) is 33.9 Å². The highest BCUT2D eigenvalue weighted by Crippen LogP contribution is 2.26. The second-order valence-corrected chi connectivity index (χ2v) is 10.1. The molecule has 2 aliphatic rings. The van der Waals surface area contributed by atoms with Crippen LogP contribution >= 0.6 is 0 Å². The van der Waals surface area contributed by atoms with E-state index in [2.05, 4.69) is 22.2 Å². The van der Waals surface area contributed by atoms with Gasteiger partial charge >= 0.3 is 5.97 Å². The average molecular weight is 567 g/mol. The summed E-state index contributed by atoms with van der Waals surface area (Å²) in [6.07, 6.45) is -6.51. The van der Waals surface area contributed by atoms with Crippen molar-refractivity contribution in [1.29, 1.82) is 0 Å². The van der Waals surface area contributed by atoms with Gasteiger partial charge < -0.3 is 50.5 Å². The van der Waals surface area contributed by atoms with Gasteiger partial charge in [-0.15, -0.1) is 0 Å². The third kappa shape index (κ3) is 9.28. The number of cyclic esters (lactones) is 1. The number of hydrogen-bond donors (Lipinski definition) is 8. The van der Waals surface area contributed by atoms with Crippen LogP contribution in [0.5, 0.6) is 0 Å². The summed E-state index contributed by atoms with van der Waals surface area (Å²) in [5.74, 6) is -2.79. The molecule has 224 valence electrons. The number of rotatable bonds is 7. The second kappa shape index (κ2) is 15.5. The summed E-state index contributed by atoms with van der Waals surface area (Å²) in [5.41, 5.74) is 0.511. The van der Waals surface area contributed by atoms with Crippen molar-refractivity contribution in [3.8, 4) is 0 Å². The van der Waals surface area contributed by atoms with Crippen LogP contribution in [0.3, 0.4) is 0 Å². The van der Waals surface area contributed by atoms with Gasteiger partial charge in [-0.2, -0.15) is 0 Å². The smallest absolute Gasteiger partial charge is 0.341 e. The molecule has 7 atom stereocenters. The fourth-order valence-corrected chi connectivity index (χ4v) is 4.11. The van der Waals surface area contributed by atoms with Gasteiger partial charge in [-0.1, -0.05) is 60.7 Å². The molecule has 2 aromatic rings. The van der Waals surface area contributed by atoms with Crippen molar-refractivity contribution in [2.45, 2.75) is 61.9 Å². The van der Waals surface area contributed by atoms with E-state index in [0.29, 0.717) is 6.54 Å². The molecule has 0 spiro atoms. The van der Waals surface area contributed by atoms with Gasteiger partial charge in [0.25, 0.3) is 0 Å². The van der Waals surface area contributed by atoms with E-state index < -0.39 is 54.5 Å². The van der Waals surface area contributed by atoms with E-state index in [-0.39, 0.29) is 13.2 Å². The standard InChI is InChI=1S/C14H21NO5.C8H11N.C6H10O5/c1-15(7-10-5-3-2-4-6-10)9-14(19)13(18)12(17)11(16)8-20-14;1-9-7-8-5-3-2-4-6-8;1-6(10)4(8)3(2-7)11-5(6)9/h2-6,11-13,16-19H,7-9H2,1H3;2-6,9H,7H2,1H3;3-4,7-8,10H,2H2,1H3/t11-,12-,13+,14-;;3-,4-,6-/m1.1/s1.